The van der Waals surface area contributed by atoms with Gasteiger partial charge in [-0.25, -0.2) is 5.48 Å². The van der Waals surface area contributed by atoms with Gasteiger partial charge < -0.3 is 10.8 Å². The van der Waals surface area contributed by atoms with E-state index < -0.39 is 24.7 Å². The van der Waals surface area contributed by atoms with Crippen LogP contribution in [0.1, 0.15) is 5.56 Å². The highest BCUT2D eigenvalue weighted by Crippen LogP contribution is 2.14. The first kappa shape index (κ1) is 15.3. The molecule has 0 bridgehead atoms. The van der Waals surface area contributed by atoms with E-state index in [-0.39, 0.29) is 12.2 Å². The number of carbonyl (C=O) groups is 1. The number of hydrogen-bond acceptors (Lipinski definition) is 4. The molecule has 0 saturated carbocycles. The number of phenols is 1. The smallest absolute Gasteiger partial charge is 0.414 e. The minimum atomic E-state index is -4.52. The first-order chi connectivity index (χ1) is 8.78. The molecule has 0 radical (unpaired) electrons. The number of hydrogen-bond donors (Lipinski definition) is 3. The summed E-state index contributed by atoms with van der Waals surface area (Å²) < 4.78 is 35.3. The molecule has 0 spiro atoms. The molecule has 1 aromatic carbocycles. The van der Waals surface area contributed by atoms with Crippen LogP contribution in [0.25, 0.3) is 0 Å². The molecule has 0 unspecified atom stereocenters. The Morgan fingerprint density at radius 3 is 2.47 bits per heavy atom. The number of halogens is 3. The van der Waals surface area contributed by atoms with Crippen LogP contribution in [0.4, 0.5) is 13.2 Å². The molecule has 0 aliphatic heterocycles. The second kappa shape index (κ2) is 6.39. The predicted octanol–water partition coefficient (Wildman–Crippen LogP) is 0.872. The van der Waals surface area contributed by atoms with Crippen LogP contribution < -0.4 is 11.2 Å². The van der Waals surface area contributed by atoms with E-state index in [4.69, 9.17) is 10.8 Å². The van der Waals surface area contributed by atoms with E-state index in [1.807, 2.05) is 0 Å². The van der Waals surface area contributed by atoms with E-state index in [1.165, 1.54) is 12.1 Å². The molecule has 1 atom stereocenters. The highest BCUT2D eigenvalue weighted by Gasteiger charge is 2.28. The fraction of sp³-hybridized carbons (Fsp3) is 0.364. The van der Waals surface area contributed by atoms with Crippen molar-refractivity contribution >= 4 is 5.91 Å². The molecular formula is C11H13F3N2O3. The maximum absolute atomic E-state index is 11.8. The lowest BCUT2D eigenvalue weighted by atomic mass is 10.1. The first-order valence-electron chi connectivity index (χ1n) is 5.30. The van der Waals surface area contributed by atoms with Gasteiger partial charge >= 0.3 is 6.18 Å². The summed E-state index contributed by atoms with van der Waals surface area (Å²) in [6.07, 6.45) is -4.41. The van der Waals surface area contributed by atoms with Gasteiger partial charge in [-0.3, -0.25) is 9.63 Å². The zero-order valence-corrected chi connectivity index (χ0v) is 9.78. The summed E-state index contributed by atoms with van der Waals surface area (Å²) in [5.41, 5.74) is 7.80. The second-order valence-electron chi connectivity index (χ2n) is 3.85. The molecule has 19 heavy (non-hydrogen) atoms. The predicted molar refractivity (Wildman–Crippen MR) is 59.9 cm³/mol. The molecule has 106 valence electrons. The van der Waals surface area contributed by atoms with Gasteiger partial charge in [0, 0.05) is 0 Å². The van der Waals surface area contributed by atoms with E-state index in [2.05, 4.69) is 4.84 Å². The first-order valence-corrected chi connectivity index (χ1v) is 5.30. The number of hydroxylamine groups is 1. The molecule has 8 heteroatoms. The van der Waals surface area contributed by atoms with E-state index in [0.29, 0.717) is 5.56 Å². The van der Waals surface area contributed by atoms with Crippen molar-refractivity contribution in [1.29, 1.82) is 0 Å². The second-order valence-corrected chi connectivity index (χ2v) is 3.85. The highest BCUT2D eigenvalue weighted by molar-refractivity contribution is 5.80. The number of nitrogens with two attached hydrogens (primary N) is 1. The third-order valence-corrected chi connectivity index (χ3v) is 2.14. The Morgan fingerprint density at radius 1 is 1.37 bits per heavy atom. The molecule has 0 aliphatic carbocycles. The average Bonchev–Trinajstić information content (AvgIpc) is 2.30. The van der Waals surface area contributed by atoms with Crippen molar-refractivity contribution in [2.45, 2.75) is 18.6 Å². The van der Waals surface area contributed by atoms with E-state index in [1.54, 1.807) is 17.6 Å². The maximum atomic E-state index is 11.8. The van der Waals surface area contributed by atoms with Crippen molar-refractivity contribution in [3.8, 4) is 5.75 Å². The number of benzene rings is 1. The van der Waals surface area contributed by atoms with Crippen LogP contribution in [0, 0.1) is 0 Å². The Morgan fingerprint density at radius 2 is 1.95 bits per heavy atom. The van der Waals surface area contributed by atoms with Crippen LogP contribution in [0.5, 0.6) is 5.75 Å². The van der Waals surface area contributed by atoms with Crippen molar-refractivity contribution in [2.75, 3.05) is 6.61 Å². The lowest BCUT2D eigenvalue weighted by molar-refractivity contribution is -0.192. The van der Waals surface area contributed by atoms with Gasteiger partial charge in [-0.05, 0) is 24.1 Å². The third-order valence-electron chi connectivity index (χ3n) is 2.14. The Labute approximate surface area is 107 Å². The Balaban J connectivity index is 2.38. The Hall–Kier alpha value is -1.80. The van der Waals surface area contributed by atoms with Crippen LogP contribution >= 0.6 is 0 Å². The SMILES string of the molecule is N[C@H](Cc1ccc(O)cc1)C(=O)NOCC(F)(F)F. The third kappa shape index (κ3) is 6.07. The summed E-state index contributed by atoms with van der Waals surface area (Å²) >= 11 is 0. The maximum Gasteiger partial charge on any atom is 0.414 e. The number of aromatic hydroxyl groups is 1. The van der Waals surface area contributed by atoms with Crippen molar-refractivity contribution in [3.05, 3.63) is 29.8 Å². The van der Waals surface area contributed by atoms with Crippen LogP contribution in [-0.4, -0.2) is 29.8 Å². The van der Waals surface area contributed by atoms with E-state index in [0.717, 1.165) is 0 Å². The van der Waals surface area contributed by atoms with Gasteiger partial charge in [0.1, 0.15) is 5.75 Å². The van der Waals surface area contributed by atoms with Crippen LogP contribution in [0.15, 0.2) is 24.3 Å². The lowest BCUT2D eigenvalue weighted by Gasteiger charge is -2.13. The number of phenolic OH excluding ortho intramolecular Hbond substituents is 1. The summed E-state index contributed by atoms with van der Waals surface area (Å²) in [5.74, 6) is -0.785. The fourth-order valence-electron chi connectivity index (χ4n) is 1.24. The molecule has 1 amide bonds. The molecular weight excluding hydrogens is 265 g/mol. The van der Waals surface area contributed by atoms with Crippen LogP contribution in [-0.2, 0) is 16.1 Å². The Bertz CT molecular complexity index is 420. The fourth-order valence-corrected chi connectivity index (χ4v) is 1.24. The quantitative estimate of drug-likeness (QED) is 0.698. The van der Waals surface area contributed by atoms with Crippen molar-refractivity contribution in [3.63, 3.8) is 0 Å². The summed E-state index contributed by atoms with van der Waals surface area (Å²) in [4.78, 5) is 15.3. The zero-order valence-electron chi connectivity index (χ0n) is 9.78. The molecule has 0 aromatic heterocycles. The molecule has 0 heterocycles. The minimum Gasteiger partial charge on any atom is -0.508 e. The lowest BCUT2D eigenvalue weighted by Crippen LogP contribution is -2.43. The topological polar surface area (TPSA) is 84.6 Å². The molecule has 5 nitrogen and oxygen atoms in total. The highest BCUT2D eigenvalue weighted by atomic mass is 19.4. The molecule has 1 rings (SSSR count). The summed E-state index contributed by atoms with van der Waals surface area (Å²) in [6, 6.07) is 4.90. The largest absolute Gasteiger partial charge is 0.508 e. The number of nitrogens with one attached hydrogen (secondary N) is 1. The molecule has 1 aromatic rings. The van der Waals surface area contributed by atoms with Gasteiger partial charge in [-0.15, -0.1) is 0 Å². The van der Waals surface area contributed by atoms with Gasteiger partial charge in [0.15, 0.2) is 6.61 Å². The van der Waals surface area contributed by atoms with Crippen LogP contribution in [0.2, 0.25) is 0 Å². The number of alkyl halides is 3. The summed E-state index contributed by atoms with van der Waals surface area (Å²) in [6.45, 7) is -1.58. The number of rotatable bonds is 5. The van der Waals surface area contributed by atoms with E-state index in [9.17, 15) is 18.0 Å². The van der Waals surface area contributed by atoms with Gasteiger partial charge in [0.05, 0.1) is 6.04 Å². The monoisotopic (exact) mass is 278 g/mol. The number of carbonyl (C=O) groups excluding carboxylic acids is 1. The average molecular weight is 278 g/mol. The van der Waals surface area contributed by atoms with Gasteiger partial charge in [0.2, 0.25) is 0 Å². The summed E-state index contributed by atoms with van der Waals surface area (Å²) in [5, 5.41) is 9.06. The summed E-state index contributed by atoms with van der Waals surface area (Å²) in [7, 11) is 0. The minimum absolute atomic E-state index is 0.0651. The van der Waals surface area contributed by atoms with Gasteiger partial charge in [-0.2, -0.15) is 13.2 Å². The standard InChI is InChI=1S/C11H13F3N2O3/c12-11(13,14)6-19-16-10(18)9(15)5-7-1-3-8(17)4-2-7/h1-4,9,17H,5-6,15H2,(H,16,18)/t9-/m1/s1. The van der Waals surface area contributed by atoms with E-state index >= 15 is 0 Å². The molecule has 0 fully saturated rings. The zero-order chi connectivity index (χ0) is 14.5. The molecule has 0 aliphatic rings. The molecule has 0 saturated heterocycles. The van der Waals surface area contributed by atoms with Crippen LogP contribution in [0.3, 0.4) is 0 Å². The Kier molecular flexibility index (Phi) is 5.13. The molecule has 4 N–H and O–H groups in total. The van der Waals surface area contributed by atoms with Gasteiger partial charge in [0.25, 0.3) is 5.91 Å². The van der Waals surface area contributed by atoms with Gasteiger partial charge in [-0.1, -0.05) is 12.1 Å². The van der Waals surface area contributed by atoms with Crippen molar-refractivity contribution in [2.24, 2.45) is 5.73 Å². The van der Waals surface area contributed by atoms with Crippen molar-refractivity contribution < 1.29 is 27.9 Å². The van der Waals surface area contributed by atoms with Crippen molar-refractivity contribution in [1.82, 2.24) is 5.48 Å². The normalized spacial score (nSPS) is 13.1. The number of amides is 1.